The molecule has 0 bridgehead atoms. The van der Waals surface area contributed by atoms with E-state index in [-0.39, 0.29) is 0 Å². The zero-order valence-electron chi connectivity index (χ0n) is 11.4. The van der Waals surface area contributed by atoms with Gasteiger partial charge in [0.1, 0.15) is 0 Å². The average Bonchev–Trinajstić information content (AvgIpc) is 2.22. The second kappa shape index (κ2) is 6.31. The summed E-state index contributed by atoms with van der Waals surface area (Å²) in [6.45, 7) is 6.55. The zero-order chi connectivity index (χ0) is 13.8. The molecule has 0 fully saturated rings. The number of nitrogens with one attached hydrogen (secondary N) is 1. The largest absolute Gasteiger partial charge is 0.385 e. The van der Waals surface area contributed by atoms with Gasteiger partial charge >= 0.3 is 0 Å². The van der Waals surface area contributed by atoms with Gasteiger partial charge in [-0.1, -0.05) is 17.7 Å². The maximum absolute atomic E-state index is 12.2. The summed E-state index contributed by atoms with van der Waals surface area (Å²) in [6.07, 6.45) is 0.666. The topological polar surface area (TPSA) is 55.4 Å². The van der Waals surface area contributed by atoms with Crippen molar-refractivity contribution in [2.75, 3.05) is 20.3 Å². The first kappa shape index (κ1) is 15.1. The van der Waals surface area contributed by atoms with Gasteiger partial charge in [-0.15, -0.1) is 0 Å². The lowest BCUT2D eigenvalue weighted by Gasteiger charge is -2.13. The van der Waals surface area contributed by atoms with Crippen molar-refractivity contribution in [3.8, 4) is 0 Å². The molecule has 0 radical (unpaired) electrons. The predicted octanol–water partition coefficient (Wildman–Crippen LogP) is 1.93. The van der Waals surface area contributed by atoms with Crippen LogP contribution in [-0.2, 0) is 14.8 Å². The summed E-state index contributed by atoms with van der Waals surface area (Å²) in [4.78, 5) is 0.394. The summed E-state index contributed by atoms with van der Waals surface area (Å²) >= 11 is 0. The molecule has 1 N–H and O–H groups in total. The van der Waals surface area contributed by atoms with Crippen LogP contribution in [0, 0.1) is 20.8 Å². The van der Waals surface area contributed by atoms with Gasteiger partial charge in [-0.05, 0) is 38.3 Å². The van der Waals surface area contributed by atoms with Crippen LogP contribution in [0.15, 0.2) is 17.0 Å². The maximum Gasteiger partial charge on any atom is 0.241 e. The van der Waals surface area contributed by atoms with Crippen LogP contribution in [0.2, 0.25) is 0 Å². The van der Waals surface area contributed by atoms with Crippen LogP contribution in [0.3, 0.4) is 0 Å². The molecule has 102 valence electrons. The van der Waals surface area contributed by atoms with Gasteiger partial charge in [-0.2, -0.15) is 0 Å². The Morgan fingerprint density at radius 3 is 2.22 bits per heavy atom. The van der Waals surface area contributed by atoms with E-state index in [4.69, 9.17) is 4.74 Å². The van der Waals surface area contributed by atoms with E-state index < -0.39 is 10.0 Å². The molecular formula is C13H21NO3S. The van der Waals surface area contributed by atoms with Gasteiger partial charge in [-0.25, -0.2) is 13.1 Å². The summed E-state index contributed by atoms with van der Waals surface area (Å²) < 4.78 is 31.9. The number of ether oxygens (including phenoxy) is 1. The summed E-state index contributed by atoms with van der Waals surface area (Å²) in [6, 6.07) is 3.77. The molecule has 1 rings (SSSR count). The fourth-order valence-electron chi connectivity index (χ4n) is 2.09. The first-order valence-electron chi connectivity index (χ1n) is 5.95. The van der Waals surface area contributed by atoms with Crippen molar-refractivity contribution in [2.45, 2.75) is 32.1 Å². The van der Waals surface area contributed by atoms with Crippen molar-refractivity contribution in [3.05, 3.63) is 28.8 Å². The Labute approximate surface area is 109 Å². The normalized spacial score (nSPS) is 11.8. The fraction of sp³-hybridized carbons (Fsp3) is 0.538. The van der Waals surface area contributed by atoms with Crippen LogP contribution >= 0.6 is 0 Å². The van der Waals surface area contributed by atoms with Gasteiger partial charge in [0.05, 0.1) is 4.90 Å². The van der Waals surface area contributed by atoms with Gasteiger partial charge in [-0.3, -0.25) is 0 Å². The lowest BCUT2D eigenvalue weighted by molar-refractivity contribution is 0.196. The van der Waals surface area contributed by atoms with Crippen LogP contribution in [-0.4, -0.2) is 28.7 Å². The van der Waals surface area contributed by atoms with Crippen LogP contribution in [0.4, 0.5) is 0 Å². The number of methoxy groups -OCH3 is 1. The standard InChI is InChI=1S/C13H21NO3S/c1-10-8-11(2)13(12(3)9-10)18(15,16)14-6-5-7-17-4/h8-9,14H,5-7H2,1-4H3. The molecule has 0 atom stereocenters. The summed E-state index contributed by atoms with van der Waals surface area (Å²) in [5, 5.41) is 0. The third kappa shape index (κ3) is 3.80. The number of hydrogen-bond acceptors (Lipinski definition) is 3. The monoisotopic (exact) mass is 271 g/mol. The highest BCUT2D eigenvalue weighted by Gasteiger charge is 2.18. The summed E-state index contributed by atoms with van der Waals surface area (Å²) in [5.74, 6) is 0. The van der Waals surface area contributed by atoms with Crippen LogP contribution in [0.1, 0.15) is 23.1 Å². The Kier molecular flexibility index (Phi) is 5.31. The second-order valence-electron chi connectivity index (χ2n) is 4.47. The minimum Gasteiger partial charge on any atom is -0.385 e. The highest BCUT2D eigenvalue weighted by atomic mass is 32.2. The summed E-state index contributed by atoms with van der Waals surface area (Å²) in [5.41, 5.74) is 2.64. The van der Waals surface area contributed by atoms with Crippen molar-refractivity contribution in [3.63, 3.8) is 0 Å². The van der Waals surface area contributed by atoms with E-state index in [2.05, 4.69) is 4.72 Å². The molecule has 0 saturated heterocycles. The minimum absolute atomic E-state index is 0.392. The molecule has 0 aliphatic heterocycles. The number of aryl methyl sites for hydroxylation is 3. The van der Waals surface area contributed by atoms with Crippen molar-refractivity contribution in [2.24, 2.45) is 0 Å². The Morgan fingerprint density at radius 2 is 1.72 bits per heavy atom. The molecular weight excluding hydrogens is 250 g/mol. The molecule has 0 amide bonds. The Hall–Kier alpha value is -0.910. The minimum atomic E-state index is -3.42. The Bertz CT molecular complexity index is 486. The van der Waals surface area contributed by atoms with Crippen molar-refractivity contribution in [1.82, 2.24) is 4.72 Å². The Balaban J connectivity index is 2.92. The first-order valence-corrected chi connectivity index (χ1v) is 7.43. The summed E-state index contributed by atoms with van der Waals surface area (Å²) in [7, 11) is -1.82. The zero-order valence-corrected chi connectivity index (χ0v) is 12.2. The lowest BCUT2D eigenvalue weighted by atomic mass is 10.1. The molecule has 0 aliphatic carbocycles. The quantitative estimate of drug-likeness (QED) is 0.804. The van der Waals surface area contributed by atoms with Crippen molar-refractivity contribution < 1.29 is 13.2 Å². The van der Waals surface area contributed by atoms with Crippen molar-refractivity contribution >= 4 is 10.0 Å². The maximum atomic E-state index is 12.2. The second-order valence-corrected chi connectivity index (χ2v) is 6.18. The van der Waals surface area contributed by atoms with Gasteiger partial charge < -0.3 is 4.74 Å². The van der Waals surface area contributed by atoms with E-state index in [0.717, 1.165) is 16.7 Å². The van der Waals surface area contributed by atoms with Gasteiger partial charge in [0.2, 0.25) is 10.0 Å². The third-order valence-electron chi connectivity index (χ3n) is 2.69. The van der Waals surface area contributed by atoms with E-state index in [1.807, 2.05) is 32.9 Å². The molecule has 0 aromatic heterocycles. The van der Waals surface area contributed by atoms with E-state index in [0.29, 0.717) is 24.5 Å². The molecule has 0 unspecified atom stereocenters. The van der Waals surface area contributed by atoms with Gasteiger partial charge in [0, 0.05) is 20.3 Å². The molecule has 5 heteroatoms. The molecule has 0 aliphatic rings. The molecule has 4 nitrogen and oxygen atoms in total. The number of sulfonamides is 1. The highest BCUT2D eigenvalue weighted by Crippen LogP contribution is 2.21. The van der Waals surface area contributed by atoms with E-state index in [1.165, 1.54) is 0 Å². The number of benzene rings is 1. The van der Waals surface area contributed by atoms with E-state index in [9.17, 15) is 8.42 Å². The molecule has 1 aromatic carbocycles. The van der Waals surface area contributed by atoms with E-state index in [1.54, 1.807) is 7.11 Å². The highest BCUT2D eigenvalue weighted by molar-refractivity contribution is 7.89. The number of hydrogen-bond donors (Lipinski definition) is 1. The van der Waals surface area contributed by atoms with Crippen molar-refractivity contribution in [1.29, 1.82) is 0 Å². The smallest absolute Gasteiger partial charge is 0.241 e. The predicted molar refractivity (Wildman–Crippen MR) is 72.3 cm³/mol. The van der Waals surface area contributed by atoms with Gasteiger partial charge in [0.15, 0.2) is 0 Å². The van der Waals surface area contributed by atoms with Gasteiger partial charge in [0.25, 0.3) is 0 Å². The van der Waals surface area contributed by atoms with E-state index >= 15 is 0 Å². The number of rotatable bonds is 6. The molecule has 18 heavy (non-hydrogen) atoms. The lowest BCUT2D eigenvalue weighted by Crippen LogP contribution is -2.27. The first-order chi connectivity index (χ1) is 8.38. The molecule has 0 spiro atoms. The SMILES string of the molecule is COCCCNS(=O)(=O)c1c(C)cc(C)cc1C. The third-order valence-corrected chi connectivity index (χ3v) is 4.46. The molecule has 1 aromatic rings. The van der Waals surface area contributed by atoms with Crippen LogP contribution < -0.4 is 4.72 Å². The Morgan fingerprint density at radius 1 is 1.17 bits per heavy atom. The average molecular weight is 271 g/mol. The molecule has 0 heterocycles. The fourth-order valence-corrected chi connectivity index (χ4v) is 3.61. The molecule has 0 saturated carbocycles. The van der Waals surface area contributed by atoms with Crippen LogP contribution in [0.5, 0.6) is 0 Å². The van der Waals surface area contributed by atoms with Crippen LogP contribution in [0.25, 0.3) is 0 Å².